The van der Waals surface area contributed by atoms with Crippen molar-refractivity contribution in [2.75, 3.05) is 13.1 Å². The molecular formula is C9H14N4O5. The second-order valence-corrected chi connectivity index (χ2v) is 3.29. The van der Waals surface area contributed by atoms with Gasteiger partial charge in [-0.2, -0.15) is 0 Å². The van der Waals surface area contributed by atoms with Gasteiger partial charge >= 0.3 is 0 Å². The fourth-order valence-corrected chi connectivity index (χ4v) is 0.900. The fraction of sp³-hybridized carbons (Fsp3) is 0.444. The van der Waals surface area contributed by atoms with Gasteiger partial charge < -0.3 is 21.7 Å². The van der Waals surface area contributed by atoms with Crippen molar-refractivity contribution in [1.29, 1.82) is 0 Å². The summed E-state index contributed by atoms with van der Waals surface area (Å²) < 4.78 is 0. The molecule has 0 aromatic heterocycles. The number of Topliss-reactive ketones (excluding diaryl/α,β-unsaturated/α-hetero) is 1. The van der Waals surface area contributed by atoms with Crippen molar-refractivity contribution in [3.05, 3.63) is 0 Å². The van der Waals surface area contributed by atoms with Crippen LogP contribution in [0.5, 0.6) is 0 Å². The van der Waals surface area contributed by atoms with E-state index in [4.69, 9.17) is 0 Å². The first-order valence-corrected chi connectivity index (χ1v) is 4.95. The highest BCUT2D eigenvalue weighted by molar-refractivity contribution is 6.36. The lowest BCUT2D eigenvalue weighted by Crippen LogP contribution is -2.49. The minimum Gasteiger partial charge on any atom is -0.363 e. The summed E-state index contributed by atoms with van der Waals surface area (Å²) in [5.74, 6) is -3.30. The summed E-state index contributed by atoms with van der Waals surface area (Å²) in [6.45, 7) is 0.588. The van der Waals surface area contributed by atoms with E-state index in [-0.39, 0.29) is 6.54 Å². The molecule has 0 aromatic rings. The maximum Gasteiger partial charge on any atom is 0.286 e. The third-order valence-corrected chi connectivity index (χ3v) is 1.81. The Kier molecular flexibility index (Phi) is 6.71. The summed E-state index contributed by atoms with van der Waals surface area (Å²) in [5.41, 5.74) is 4.68. The molecule has 0 heterocycles. The summed E-state index contributed by atoms with van der Waals surface area (Å²) in [4.78, 5) is 53.6. The molecule has 0 aromatic carbocycles. The van der Waals surface area contributed by atoms with Crippen LogP contribution < -0.4 is 21.7 Å². The molecule has 0 saturated carbocycles. The van der Waals surface area contributed by atoms with Crippen molar-refractivity contribution in [1.82, 2.24) is 16.0 Å². The van der Waals surface area contributed by atoms with Crippen molar-refractivity contribution in [2.45, 2.75) is 13.0 Å². The largest absolute Gasteiger partial charge is 0.363 e. The SMILES string of the molecule is C[C@H](NC(=O)CNC=O)C(=O)NCC(=O)C(N)=O. The van der Waals surface area contributed by atoms with Gasteiger partial charge in [-0.25, -0.2) is 0 Å². The molecule has 0 bridgehead atoms. The molecule has 1 atom stereocenters. The molecule has 0 aliphatic rings. The van der Waals surface area contributed by atoms with Crippen LogP contribution in [0.3, 0.4) is 0 Å². The molecule has 4 amide bonds. The fourth-order valence-electron chi connectivity index (χ4n) is 0.900. The standard InChI is InChI=1S/C9H14N4O5/c1-5(13-7(16)3-11-4-14)9(18)12-2-6(15)8(10)17/h4-5H,2-3H2,1H3,(H2,10,17)(H,11,14)(H,12,18)(H,13,16)/t5-/m0/s1. The summed E-state index contributed by atoms with van der Waals surface area (Å²) in [6.07, 6.45) is 0.343. The van der Waals surface area contributed by atoms with Crippen molar-refractivity contribution < 1.29 is 24.0 Å². The first-order valence-electron chi connectivity index (χ1n) is 4.95. The van der Waals surface area contributed by atoms with E-state index in [2.05, 4.69) is 21.7 Å². The van der Waals surface area contributed by atoms with Gasteiger partial charge in [0, 0.05) is 0 Å². The number of nitrogens with one attached hydrogen (secondary N) is 3. The lowest BCUT2D eigenvalue weighted by Gasteiger charge is -2.13. The number of primary amides is 1. The zero-order valence-corrected chi connectivity index (χ0v) is 9.69. The van der Waals surface area contributed by atoms with E-state index >= 15 is 0 Å². The average Bonchev–Trinajstić information content (AvgIpc) is 2.32. The van der Waals surface area contributed by atoms with Gasteiger partial charge in [-0.15, -0.1) is 0 Å². The zero-order valence-electron chi connectivity index (χ0n) is 9.69. The maximum atomic E-state index is 11.4. The highest BCUT2D eigenvalue weighted by atomic mass is 16.2. The monoisotopic (exact) mass is 258 g/mol. The van der Waals surface area contributed by atoms with Gasteiger partial charge in [-0.3, -0.25) is 24.0 Å². The van der Waals surface area contributed by atoms with Gasteiger partial charge in [0.05, 0.1) is 13.1 Å². The summed E-state index contributed by atoms with van der Waals surface area (Å²) in [6, 6.07) is -0.911. The number of hydrogen-bond acceptors (Lipinski definition) is 5. The van der Waals surface area contributed by atoms with Crippen LogP contribution >= 0.6 is 0 Å². The first-order chi connectivity index (χ1) is 8.38. The van der Waals surface area contributed by atoms with Gasteiger partial charge in [0.15, 0.2) is 0 Å². The summed E-state index contributed by atoms with van der Waals surface area (Å²) >= 11 is 0. The van der Waals surface area contributed by atoms with Crippen molar-refractivity contribution in [3.63, 3.8) is 0 Å². The lowest BCUT2D eigenvalue weighted by molar-refractivity contribution is -0.136. The smallest absolute Gasteiger partial charge is 0.286 e. The Morgan fingerprint density at radius 1 is 1.22 bits per heavy atom. The quantitative estimate of drug-likeness (QED) is 0.262. The Bertz CT molecular complexity index is 368. The minimum atomic E-state index is -1.15. The van der Waals surface area contributed by atoms with Gasteiger partial charge in [0.25, 0.3) is 5.91 Å². The molecule has 0 saturated heterocycles. The van der Waals surface area contributed by atoms with E-state index in [1.54, 1.807) is 0 Å². The molecule has 0 aliphatic carbocycles. The molecule has 9 nitrogen and oxygen atoms in total. The van der Waals surface area contributed by atoms with Crippen LogP contribution in [-0.4, -0.2) is 49.0 Å². The zero-order chi connectivity index (χ0) is 14.1. The Balaban J connectivity index is 4.03. The first kappa shape index (κ1) is 15.6. The highest BCUT2D eigenvalue weighted by Gasteiger charge is 2.17. The third kappa shape index (κ3) is 6.20. The Labute approximate surface area is 102 Å². The van der Waals surface area contributed by atoms with Gasteiger partial charge in [0.1, 0.15) is 6.04 Å². The summed E-state index contributed by atoms with van der Waals surface area (Å²) in [5, 5.41) is 6.52. The lowest BCUT2D eigenvalue weighted by atomic mass is 10.3. The van der Waals surface area contributed by atoms with E-state index in [1.807, 2.05) is 0 Å². The number of amides is 4. The third-order valence-electron chi connectivity index (χ3n) is 1.81. The molecule has 0 fully saturated rings. The minimum absolute atomic E-state index is 0.263. The van der Waals surface area contributed by atoms with E-state index in [1.165, 1.54) is 6.92 Å². The molecule has 0 spiro atoms. The van der Waals surface area contributed by atoms with E-state index in [0.717, 1.165) is 0 Å². The van der Waals surface area contributed by atoms with E-state index in [0.29, 0.717) is 6.41 Å². The Morgan fingerprint density at radius 2 is 1.83 bits per heavy atom. The predicted molar refractivity (Wildman–Crippen MR) is 58.9 cm³/mol. The molecule has 9 heteroatoms. The van der Waals surface area contributed by atoms with Crippen LogP contribution in [0.2, 0.25) is 0 Å². The van der Waals surface area contributed by atoms with Crippen LogP contribution in [0.4, 0.5) is 0 Å². The number of carbonyl (C=O) groups excluding carboxylic acids is 5. The number of nitrogens with two attached hydrogens (primary N) is 1. The molecule has 0 rings (SSSR count). The number of carbonyl (C=O) groups is 5. The highest BCUT2D eigenvalue weighted by Crippen LogP contribution is 1.82. The Hall–Kier alpha value is -2.45. The van der Waals surface area contributed by atoms with Crippen molar-refractivity contribution >= 4 is 29.9 Å². The Morgan fingerprint density at radius 3 is 2.33 bits per heavy atom. The molecule has 18 heavy (non-hydrogen) atoms. The van der Waals surface area contributed by atoms with Crippen LogP contribution in [0.1, 0.15) is 6.92 Å². The predicted octanol–water partition coefficient (Wildman–Crippen LogP) is -3.59. The van der Waals surface area contributed by atoms with Crippen LogP contribution in [-0.2, 0) is 24.0 Å². The normalized spacial score (nSPS) is 10.9. The van der Waals surface area contributed by atoms with Crippen molar-refractivity contribution in [3.8, 4) is 0 Å². The number of rotatable bonds is 8. The maximum absolute atomic E-state index is 11.4. The second kappa shape index (κ2) is 7.76. The van der Waals surface area contributed by atoms with Crippen molar-refractivity contribution in [2.24, 2.45) is 5.73 Å². The van der Waals surface area contributed by atoms with E-state index < -0.39 is 36.1 Å². The number of hydrogen-bond donors (Lipinski definition) is 4. The molecule has 0 radical (unpaired) electrons. The topological polar surface area (TPSA) is 147 Å². The van der Waals surface area contributed by atoms with Gasteiger partial charge in [-0.05, 0) is 6.92 Å². The van der Waals surface area contributed by atoms with Crippen LogP contribution in [0.25, 0.3) is 0 Å². The molecule has 5 N–H and O–H groups in total. The molecular weight excluding hydrogens is 244 g/mol. The van der Waals surface area contributed by atoms with Crippen LogP contribution in [0, 0.1) is 0 Å². The summed E-state index contributed by atoms with van der Waals surface area (Å²) in [7, 11) is 0. The molecule has 100 valence electrons. The van der Waals surface area contributed by atoms with Gasteiger partial charge in [-0.1, -0.05) is 0 Å². The molecule has 0 unspecified atom stereocenters. The van der Waals surface area contributed by atoms with Gasteiger partial charge in [0.2, 0.25) is 24.0 Å². The molecule has 0 aliphatic heterocycles. The van der Waals surface area contributed by atoms with E-state index in [9.17, 15) is 24.0 Å². The average molecular weight is 258 g/mol. The van der Waals surface area contributed by atoms with Crippen LogP contribution in [0.15, 0.2) is 0 Å². The number of ketones is 1. The second-order valence-electron chi connectivity index (χ2n) is 3.29.